The van der Waals surface area contributed by atoms with Crippen LogP contribution in [-0.4, -0.2) is 41.1 Å². The zero-order valence-corrected chi connectivity index (χ0v) is 15.8. The van der Waals surface area contributed by atoms with Gasteiger partial charge in [-0.3, -0.25) is 4.79 Å². The Morgan fingerprint density at radius 3 is 3.08 bits per heavy atom. The first-order valence-electron chi connectivity index (χ1n) is 8.33. The smallest absolute Gasteiger partial charge is 0.230 e. The van der Waals surface area contributed by atoms with Crippen LogP contribution in [0.5, 0.6) is 0 Å². The summed E-state index contributed by atoms with van der Waals surface area (Å²) in [5.41, 5.74) is 2.32. The number of carbonyl (C=O) groups excluding carboxylic acids is 1. The molecule has 2 aromatic rings. The number of thioether (sulfide) groups is 1. The third-order valence-corrected chi connectivity index (χ3v) is 5.99. The number of nitrogens with one attached hydrogen (secondary N) is 2. The fourth-order valence-corrected chi connectivity index (χ4v) is 4.12. The van der Waals surface area contributed by atoms with Crippen LogP contribution >= 0.6 is 23.1 Å². The van der Waals surface area contributed by atoms with Gasteiger partial charge in [0.05, 0.1) is 11.9 Å². The van der Waals surface area contributed by atoms with E-state index in [0.717, 1.165) is 41.0 Å². The van der Waals surface area contributed by atoms with Crippen molar-refractivity contribution in [1.29, 1.82) is 0 Å². The van der Waals surface area contributed by atoms with E-state index in [2.05, 4.69) is 20.8 Å². The number of carbonyl (C=O) groups is 1. The molecule has 0 radical (unpaired) electrons. The van der Waals surface area contributed by atoms with Gasteiger partial charge in [-0.05, 0) is 30.9 Å². The predicted octanol–water partition coefficient (Wildman–Crippen LogP) is 2.85. The van der Waals surface area contributed by atoms with Crippen LogP contribution < -0.4 is 10.6 Å². The van der Waals surface area contributed by atoms with Crippen molar-refractivity contribution in [2.24, 2.45) is 0 Å². The molecule has 0 saturated carbocycles. The standard InChI is InChI=1S/C17H22N4O2S2/c1-12-5-2-3-6-13(12)9-18-15(22)11-24-17-21-20-16(25-17)19-10-14-7-4-8-23-14/h2-3,5-6,14H,4,7-11H2,1H3,(H,18,22)(H,19,20). The van der Waals surface area contributed by atoms with Crippen LogP contribution in [0.1, 0.15) is 24.0 Å². The maximum atomic E-state index is 12.0. The van der Waals surface area contributed by atoms with Crippen molar-refractivity contribution < 1.29 is 9.53 Å². The Morgan fingerprint density at radius 1 is 1.40 bits per heavy atom. The lowest BCUT2D eigenvalue weighted by molar-refractivity contribution is -0.118. The zero-order valence-electron chi connectivity index (χ0n) is 14.2. The van der Waals surface area contributed by atoms with Gasteiger partial charge in [0.2, 0.25) is 11.0 Å². The molecule has 25 heavy (non-hydrogen) atoms. The van der Waals surface area contributed by atoms with E-state index >= 15 is 0 Å². The minimum absolute atomic E-state index is 0.00248. The predicted molar refractivity (Wildman–Crippen MR) is 101 cm³/mol. The monoisotopic (exact) mass is 378 g/mol. The summed E-state index contributed by atoms with van der Waals surface area (Å²) < 4.78 is 6.36. The van der Waals surface area contributed by atoms with Crippen LogP contribution in [0.15, 0.2) is 28.6 Å². The summed E-state index contributed by atoms with van der Waals surface area (Å²) in [7, 11) is 0. The average molecular weight is 379 g/mol. The highest BCUT2D eigenvalue weighted by Crippen LogP contribution is 2.25. The third kappa shape index (κ3) is 5.69. The maximum absolute atomic E-state index is 12.0. The summed E-state index contributed by atoms with van der Waals surface area (Å²) in [5.74, 6) is 0.337. The molecular weight excluding hydrogens is 356 g/mol. The van der Waals surface area contributed by atoms with E-state index in [1.807, 2.05) is 31.2 Å². The van der Waals surface area contributed by atoms with E-state index < -0.39 is 0 Å². The summed E-state index contributed by atoms with van der Waals surface area (Å²) in [6.07, 6.45) is 2.49. The van der Waals surface area contributed by atoms with E-state index in [4.69, 9.17) is 4.74 Å². The second kappa shape index (κ2) is 9.17. The molecule has 1 aliphatic heterocycles. The number of anilines is 1. The zero-order chi connectivity index (χ0) is 17.5. The molecule has 6 nitrogen and oxygen atoms in total. The van der Waals surface area contributed by atoms with Gasteiger partial charge in [-0.2, -0.15) is 0 Å². The molecule has 8 heteroatoms. The number of aryl methyl sites for hydroxylation is 1. The Kier molecular flexibility index (Phi) is 6.66. The molecule has 2 N–H and O–H groups in total. The third-order valence-electron chi connectivity index (χ3n) is 3.98. The van der Waals surface area contributed by atoms with Crippen LogP contribution in [0.25, 0.3) is 0 Å². The Morgan fingerprint density at radius 2 is 2.28 bits per heavy atom. The van der Waals surface area contributed by atoms with Gasteiger partial charge in [0.15, 0.2) is 4.34 Å². The van der Waals surface area contributed by atoms with Crippen LogP contribution in [0, 0.1) is 6.92 Å². The van der Waals surface area contributed by atoms with Gasteiger partial charge >= 0.3 is 0 Å². The summed E-state index contributed by atoms with van der Waals surface area (Å²) in [6.45, 7) is 4.20. The Bertz CT molecular complexity index is 701. The molecule has 134 valence electrons. The van der Waals surface area contributed by atoms with E-state index in [0.29, 0.717) is 12.3 Å². The highest BCUT2D eigenvalue weighted by Gasteiger charge is 2.16. The topological polar surface area (TPSA) is 76.1 Å². The van der Waals surface area contributed by atoms with E-state index in [1.54, 1.807) is 0 Å². The van der Waals surface area contributed by atoms with Crippen LogP contribution in [-0.2, 0) is 16.1 Å². The summed E-state index contributed by atoms with van der Waals surface area (Å²) in [5, 5.41) is 15.2. The molecule has 1 unspecified atom stereocenters. The van der Waals surface area contributed by atoms with Gasteiger partial charge in [0, 0.05) is 19.7 Å². The number of nitrogens with zero attached hydrogens (tertiary/aromatic N) is 2. The summed E-state index contributed by atoms with van der Waals surface area (Å²) >= 11 is 2.88. The van der Waals surface area contributed by atoms with Crippen LogP contribution in [0.3, 0.4) is 0 Å². The number of amides is 1. The molecule has 0 spiro atoms. The molecular formula is C17H22N4O2S2. The number of ether oxygens (including phenoxy) is 1. The van der Waals surface area contributed by atoms with Crippen LogP contribution in [0.2, 0.25) is 0 Å². The average Bonchev–Trinajstić information content (AvgIpc) is 3.29. The first-order valence-corrected chi connectivity index (χ1v) is 10.1. The van der Waals surface area contributed by atoms with Gasteiger partial charge in [-0.1, -0.05) is 47.4 Å². The lowest BCUT2D eigenvalue weighted by Gasteiger charge is -2.08. The molecule has 1 amide bonds. The molecule has 0 aliphatic carbocycles. The number of rotatable bonds is 8. The Labute approximate surface area is 155 Å². The van der Waals surface area contributed by atoms with Gasteiger partial charge < -0.3 is 15.4 Å². The van der Waals surface area contributed by atoms with Gasteiger partial charge in [-0.25, -0.2) is 0 Å². The minimum atomic E-state index is -0.00248. The second-order valence-electron chi connectivity index (χ2n) is 5.88. The molecule has 2 heterocycles. The fraction of sp³-hybridized carbons (Fsp3) is 0.471. The van der Waals surface area contributed by atoms with Gasteiger partial charge in [-0.15, -0.1) is 10.2 Å². The van der Waals surface area contributed by atoms with Crippen molar-refractivity contribution >= 4 is 34.1 Å². The lowest BCUT2D eigenvalue weighted by atomic mass is 10.1. The quantitative estimate of drug-likeness (QED) is 0.688. The number of hydrogen-bond donors (Lipinski definition) is 2. The first-order chi connectivity index (χ1) is 12.2. The number of hydrogen-bond acceptors (Lipinski definition) is 7. The maximum Gasteiger partial charge on any atom is 0.230 e. The molecule has 1 atom stereocenters. The molecule has 0 bridgehead atoms. The lowest BCUT2D eigenvalue weighted by Crippen LogP contribution is -2.24. The molecule has 1 fully saturated rings. The summed E-state index contributed by atoms with van der Waals surface area (Å²) in [4.78, 5) is 12.0. The minimum Gasteiger partial charge on any atom is -0.376 e. The largest absolute Gasteiger partial charge is 0.376 e. The van der Waals surface area contributed by atoms with Gasteiger partial charge in [0.1, 0.15) is 0 Å². The van der Waals surface area contributed by atoms with Crippen LogP contribution in [0.4, 0.5) is 5.13 Å². The Balaban J connectivity index is 1.38. The molecule has 3 rings (SSSR count). The second-order valence-corrected chi connectivity index (χ2v) is 8.08. The van der Waals surface area contributed by atoms with Crippen molar-refractivity contribution in [2.45, 2.75) is 36.8 Å². The van der Waals surface area contributed by atoms with Crippen molar-refractivity contribution in [3.8, 4) is 0 Å². The molecule has 1 aromatic heterocycles. The molecule has 1 aliphatic rings. The van der Waals surface area contributed by atoms with E-state index in [-0.39, 0.29) is 12.0 Å². The highest BCUT2D eigenvalue weighted by atomic mass is 32.2. The van der Waals surface area contributed by atoms with Crippen molar-refractivity contribution in [3.05, 3.63) is 35.4 Å². The van der Waals surface area contributed by atoms with Gasteiger partial charge in [0.25, 0.3) is 0 Å². The van der Waals surface area contributed by atoms with Crippen molar-refractivity contribution in [3.63, 3.8) is 0 Å². The van der Waals surface area contributed by atoms with Crippen molar-refractivity contribution in [1.82, 2.24) is 15.5 Å². The fourth-order valence-electron chi connectivity index (χ4n) is 2.53. The molecule has 1 saturated heterocycles. The molecule has 1 aromatic carbocycles. The highest BCUT2D eigenvalue weighted by molar-refractivity contribution is 8.01. The Hall–Kier alpha value is -1.64. The number of aromatic nitrogens is 2. The van der Waals surface area contributed by atoms with E-state index in [1.165, 1.54) is 28.7 Å². The number of benzene rings is 1. The normalized spacial score (nSPS) is 16.8. The summed E-state index contributed by atoms with van der Waals surface area (Å²) in [6, 6.07) is 8.05. The SMILES string of the molecule is Cc1ccccc1CNC(=O)CSc1nnc(NCC2CCCO2)s1. The van der Waals surface area contributed by atoms with E-state index in [9.17, 15) is 4.79 Å². The first kappa shape index (κ1) is 18.2. The van der Waals surface area contributed by atoms with Crippen molar-refractivity contribution in [2.75, 3.05) is 24.2 Å².